The third-order valence-electron chi connectivity index (χ3n) is 3.07. The van der Waals surface area contributed by atoms with Gasteiger partial charge >= 0.3 is 5.97 Å². The Hall–Kier alpha value is -2.04. The maximum absolute atomic E-state index is 12.1. The fourth-order valence-electron chi connectivity index (χ4n) is 2.06. The first-order chi connectivity index (χ1) is 10.1. The van der Waals surface area contributed by atoms with Crippen LogP contribution in [0.15, 0.2) is 24.3 Å². The minimum absolute atomic E-state index is 0.0715. The predicted molar refractivity (Wildman–Crippen MR) is 83.4 cm³/mol. The van der Waals surface area contributed by atoms with Crippen LogP contribution in [-0.2, 0) is 9.53 Å². The van der Waals surface area contributed by atoms with E-state index in [2.05, 4.69) is 23.9 Å². The van der Waals surface area contributed by atoms with Gasteiger partial charge in [0.25, 0.3) is 0 Å². The summed E-state index contributed by atoms with van der Waals surface area (Å²) >= 11 is 0. The van der Waals surface area contributed by atoms with Gasteiger partial charge in [-0.3, -0.25) is 4.79 Å². The molecule has 0 bridgehead atoms. The van der Waals surface area contributed by atoms with Crippen molar-refractivity contribution < 1.29 is 14.3 Å². The van der Waals surface area contributed by atoms with Crippen molar-refractivity contribution in [1.29, 1.82) is 0 Å². The number of rotatable bonds is 8. The summed E-state index contributed by atoms with van der Waals surface area (Å²) in [5.41, 5.74) is 1.20. The van der Waals surface area contributed by atoms with Crippen molar-refractivity contribution in [3.8, 4) is 0 Å². The van der Waals surface area contributed by atoms with Crippen molar-refractivity contribution in [3.05, 3.63) is 29.8 Å². The van der Waals surface area contributed by atoms with E-state index >= 15 is 0 Å². The van der Waals surface area contributed by atoms with Gasteiger partial charge in [-0.2, -0.15) is 0 Å². The van der Waals surface area contributed by atoms with Gasteiger partial charge in [-0.05, 0) is 31.0 Å². The van der Waals surface area contributed by atoms with Crippen LogP contribution in [0.5, 0.6) is 0 Å². The molecule has 0 saturated heterocycles. The van der Waals surface area contributed by atoms with Crippen LogP contribution in [0.4, 0.5) is 5.69 Å². The lowest BCUT2D eigenvalue weighted by atomic mass is 10.2. The summed E-state index contributed by atoms with van der Waals surface area (Å²) < 4.78 is 4.68. The second-order valence-electron chi connectivity index (χ2n) is 4.81. The van der Waals surface area contributed by atoms with Gasteiger partial charge in [0.2, 0.25) is 5.91 Å². The number of carbonyl (C=O) groups excluding carboxylic acids is 2. The average Bonchev–Trinajstić information content (AvgIpc) is 2.51. The Morgan fingerprint density at radius 1 is 1.19 bits per heavy atom. The third kappa shape index (κ3) is 5.45. The normalized spacial score (nSPS) is 10.0. The number of carbonyl (C=O) groups is 2. The third-order valence-corrected chi connectivity index (χ3v) is 3.07. The summed E-state index contributed by atoms with van der Waals surface area (Å²) in [4.78, 5) is 25.5. The van der Waals surface area contributed by atoms with E-state index in [9.17, 15) is 9.59 Å². The summed E-state index contributed by atoms with van der Waals surface area (Å²) in [6, 6.07) is 6.95. The zero-order chi connectivity index (χ0) is 15.7. The molecule has 0 radical (unpaired) electrons. The van der Waals surface area contributed by atoms with E-state index in [1.165, 1.54) is 7.11 Å². The Kier molecular flexibility index (Phi) is 7.29. The Labute approximate surface area is 126 Å². The highest BCUT2D eigenvalue weighted by molar-refractivity contribution is 5.90. The fraction of sp³-hybridized carbons (Fsp3) is 0.500. The molecule has 116 valence electrons. The van der Waals surface area contributed by atoms with Crippen molar-refractivity contribution in [1.82, 2.24) is 4.90 Å². The van der Waals surface area contributed by atoms with Crippen LogP contribution in [-0.4, -0.2) is 43.5 Å². The summed E-state index contributed by atoms with van der Waals surface area (Å²) in [7, 11) is 1.35. The number of methoxy groups -OCH3 is 1. The summed E-state index contributed by atoms with van der Waals surface area (Å²) in [6.45, 7) is 5.89. The molecule has 1 amide bonds. The molecule has 1 N–H and O–H groups in total. The predicted octanol–water partition coefficient (Wildman–Crippen LogP) is 2.53. The number of esters is 1. The molecule has 0 heterocycles. The van der Waals surface area contributed by atoms with Gasteiger partial charge in [0.15, 0.2) is 0 Å². The molecule has 0 saturated carbocycles. The second-order valence-corrected chi connectivity index (χ2v) is 4.81. The van der Waals surface area contributed by atoms with Crippen LogP contribution in [0.1, 0.15) is 37.0 Å². The lowest BCUT2D eigenvalue weighted by Gasteiger charge is -2.21. The van der Waals surface area contributed by atoms with Crippen LogP contribution in [0.3, 0.4) is 0 Å². The van der Waals surface area contributed by atoms with Gasteiger partial charge in [0.05, 0.1) is 19.2 Å². The van der Waals surface area contributed by atoms with Crippen molar-refractivity contribution >= 4 is 17.6 Å². The summed E-state index contributed by atoms with van der Waals surface area (Å²) in [5, 5.41) is 3.06. The number of nitrogens with one attached hydrogen (secondary N) is 1. The van der Waals surface area contributed by atoms with E-state index in [4.69, 9.17) is 0 Å². The number of ether oxygens (including phenoxy) is 1. The number of amides is 1. The van der Waals surface area contributed by atoms with Crippen LogP contribution in [0.2, 0.25) is 0 Å². The molecule has 1 aromatic carbocycles. The lowest BCUT2D eigenvalue weighted by Crippen LogP contribution is -2.36. The monoisotopic (exact) mass is 292 g/mol. The largest absolute Gasteiger partial charge is 0.465 e. The van der Waals surface area contributed by atoms with Crippen molar-refractivity contribution in [3.63, 3.8) is 0 Å². The van der Waals surface area contributed by atoms with Gasteiger partial charge in [-0.1, -0.05) is 19.9 Å². The molecule has 0 aliphatic rings. The molecule has 21 heavy (non-hydrogen) atoms. The molecule has 0 aromatic heterocycles. The second kappa shape index (κ2) is 9.00. The minimum Gasteiger partial charge on any atom is -0.465 e. The first kappa shape index (κ1) is 17.0. The Bertz CT molecular complexity index is 468. The maximum atomic E-state index is 12.1. The van der Waals surface area contributed by atoms with Crippen LogP contribution >= 0.6 is 0 Å². The summed E-state index contributed by atoms with van der Waals surface area (Å²) in [5.74, 6) is -0.314. The molecule has 5 heteroatoms. The Balaban J connectivity index is 2.61. The molecule has 1 rings (SSSR count). The number of hydrogen-bond donors (Lipinski definition) is 1. The molecule has 0 atom stereocenters. The van der Waals surface area contributed by atoms with E-state index < -0.39 is 0 Å². The lowest BCUT2D eigenvalue weighted by molar-refractivity contribution is -0.129. The minimum atomic E-state index is -0.386. The van der Waals surface area contributed by atoms with E-state index in [0.29, 0.717) is 5.56 Å². The zero-order valence-electron chi connectivity index (χ0n) is 13.0. The van der Waals surface area contributed by atoms with E-state index in [-0.39, 0.29) is 18.4 Å². The van der Waals surface area contributed by atoms with E-state index in [1.54, 1.807) is 18.2 Å². The molecule has 0 aliphatic carbocycles. The van der Waals surface area contributed by atoms with Gasteiger partial charge in [-0.15, -0.1) is 0 Å². The van der Waals surface area contributed by atoms with Crippen molar-refractivity contribution in [2.45, 2.75) is 26.7 Å². The SMILES string of the molecule is CCCN(CCC)C(=O)CNc1cccc(C(=O)OC)c1. The average molecular weight is 292 g/mol. The Morgan fingerprint density at radius 3 is 2.43 bits per heavy atom. The highest BCUT2D eigenvalue weighted by Gasteiger charge is 2.11. The highest BCUT2D eigenvalue weighted by Crippen LogP contribution is 2.11. The standard InChI is InChI=1S/C16H24N2O3/c1-4-9-18(10-5-2)15(19)12-17-14-8-6-7-13(11-14)16(20)21-3/h6-8,11,17H,4-5,9-10,12H2,1-3H3. The molecule has 0 fully saturated rings. The van der Waals surface area contributed by atoms with Gasteiger partial charge < -0.3 is 15.0 Å². The van der Waals surface area contributed by atoms with Crippen molar-refractivity contribution in [2.24, 2.45) is 0 Å². The summed E-state index contributed by atoms with van der Waals surface area (Å²) in [6.07, 6.45) is 1.90. The number of benzene rings is 1. The molecule has 5 nitrogen and oxygen atoms in total. The topological polar surface area (TPSA) is 58.6 Å². The molecule has 0 unspecified atom stereocenters. The van der Waals surface area contributed by atoms with Gasteiger partial charge in [0, 0.05) is 18.8 Å². The zero-order valence-corrected chi connectivity index (χ0v) is 13.0. The van der Waals surface area contributed by atoms with Crippen LogP contribution < -0.4 is 5.32 Å². The molecular weight excluding hydrogens is 268 g/mol. The number of nitrogens with zero attached hydrogens (tertiary/aromatic N) is 1. The molecule has 1 aromatic rings. The first-order valence-corrected chi connectivity index (χ1v) is 7.32. The van der Waals surface area contributed by atoms with Gasteiger partial charge in [-0.25, -0.2) is 4.79 Å². The molecule has 0 spiro atoms. The fourth-order valence-corrected chi connectivity index (χ4v) is 2.06. The molecule has 0 aliphatic heterocycles. The van der Waals surface area contributed by atoms with Crippen LogP contribution in [0.25, 0.3) is 0 Å². The van der Waals surface area contributed by atoms with Crippen molar-refractivity contribution in [2.75, 3.05) is 32.1 Å². The Morgan fingerprint density at radius 2 is 1.86 bits per heavy atom. The molecular formula is C16H24N2O3. The van der Waals surface area contributed by atoms with E-state index in [0.717, 1.165) is 31.6 Å². The van der Waals surface area contributed by atoms with E-state index in [1.807, 2.05) is 11.0 Å². The van der Waals surface area contributed by atoms with Crippen LogP contribution in [0, 0.1) is 0 Å². The maximum Gasteiger partial charge on any atom is 0.337 e. The quantitative estimate of drug-likeness (QED) is 0.748. The van der Waals surface area contributed by atoms with Gasteiger partial charge in [0.1, 0.15) is 0 Å². The number of hydrogen-bond acceptors (Lipinski definition) is 4. The highest BCUT2D eigenvalue weighted by atomic mass is 16.5. The smallest absolute Gasteiger partial charge is 0.337 e. The number of anilines is 1. The first-order valence-electron chi connectivity index (χ1n) is 7.32.